The molecule has 17 atom stereocenters. The van der Waals surface area contributed by atoms with Crippen LogP contribution in [-0.2, 0) is 49.3 Å². The molecule has 376 valence electrons. The SMILES string of the molecule is CO[C@]1(C)C[C@@H](C)[C@H](O)[C@H](C)CN(C)C[C@@H](COCc2cn(-c3ccc(C(C)C)cc3)nn2)OC(=O)[C@H](C)[C@@H](O[C@H]2C[C@@](C)(OC)[C@@H](O)[C@H](C)O2)[C@H](C)[C@H]1O[C@@H]1O[C@H](C)C[C@H](N(C)C)[C@H]1O. The lowest BCUT2D eigenvalue weighted by Gasteiger charge is -2.49. The van der Waals surface area contributed by atoms with Gasteiger partial charge in [-0.25, -0.2) is 4.68 Å². The number of ether oxygens (including phenoxy) is 8. The summed E-state index contributed by atoms with van der Waals surface area (Å²) in [5.41, 5.74) is 0.604. The first kappa shape index (κ1) is 54.3. The van der Waals surface area contributed by atoms with Crippen LogP contribution in [0.5, 0.6) is 0 Å². The van der Waals surface area contributed by atoms with Crippen molar-refractivity contribution in [1.82, 2.24) is 24.8 Å². The van der Waals surface area contributed by atoms with Gasteiger partial charge in [0.1, 0.15) is 24.0 Å². The molecule has 17 nitrogen and oxygen atoms in total. The van der Waals surface area contributed by atoms with Crippen molar-refractivity contribution in [2.45, 2.75) is 180 Å². The van der Waals surface area contributed by atoms with Gasteiger partial charge in [0.2, 0.25) is 0 Å². The van der Waals surface area contributed by atoms with Gasteiger partial charge >= 0.3 is 5.97 Å². The maximum atomic E-state index is 14.7. The molecule has 3 fully saturated rings. The zero-order valence-corrected chi connectivity index (χ0v) is 42.3. The second-order valence-corrected chi connectivity index (χ2v) is 20.7. The molecule has 3 saturated heterocycles. The second-order valence-electron chi connectivity index (χ2n) is 20.7. The quantitative estimate of drug-likeness (QED) is 0.237. The maximum Gasteiger partial charge on any atom is 0.311 e. The van der Waals surface area contributed by atoms with Gasteiger partial charge in [-0.3, -0.25) is 4.79 Å². The first-order valence-electron chi connectivity index (χ1n) is 23.9. The van der Waals surface area contributed by atoms with E-state index in [-0.39, 0.29) is 43.6 Å². The number of methoxy groups -OCH3 is 2. The van der Waals surface area contributed by atoms with Crippen molar-refractivity contribution in [2.24, 2.45) is 23.7 Å². The van der Waals surface area contributed by atoms with Gasteiger partial charge in [-0.1, -0.05) is 52.0 Å². The highest BCUT2D eigenvalue weighted by Crippen LogP contribution is 2.41. The number of hydrogen-bond donors (Lipinski definition) is 3. The highest BCUT2D eigenvalue weighted by atomic mass is 16.7. The minimum Gasteiger partial charge on any atom is -0.458 e. The van der Waals surface area contributed by atoms with E-state index in [0.29, 0.717) is 37.5 Å². The molecule has 0 spiro atoms. The molecule has 17 heteroatoms. The number of aliphatic hydroxyl groups excluding tert-OH is 3. The molecule has 1 aromatic carbocycles. The predicted octanol–water partition coefficient (Wildman–Crippen LogP) is 4.56. The summed E-state index contributed by atoms with van der Waals surface area (Å²) in [5, 5.41) is 43.5. The van der Waals surface area contributed by atoms with Crippen molar-refractivity contribution >= 4 is 5.97 Å². The average molecular weight is 934 g/mol. The van der Waals surface area contributed by atoms with Gasteiger partial charge in [-0.05, 0) is 104 Å². The molecule has 2 aromatic rings. The Morgan fingerprint density at radius 3 is 2.18 bits per heavy atom. The van der Waals surface area contributed by atoms with E-state index in [1.54, 1.807) is 32.7 Å². The summed E-state index contributed by atoms with van der Waals surface area (Å²) in [5.74, 6) is -2.17. The molecule has 0 radical (unpaired) electrons. The summed E-state index contributed by atoms with van der Waals surface area (Å²) < 4.78 is 53.2. The molecule has 3 aliphatic heterocycles. The molecule has 0 aliphatic carbocycles. The van der Waals surface area contributed by atoms with Crippen LogP contribution in [0.4, 0.5) is 0 Å². The normalized spacial score (nSPS) is 39.4. The van der Waals surface area contributed by atoms with Gasteiger partial charge in [-0.2, -0.15) is 0 Å². The molecule has 0 saturated carbocycles. The number of aromatic nitrogens is 3. The molecule has 5 rings (SSSR count). The average Bonchev–Trinajstić information content (AvgIpc) is 3.75. The Kier molecular flexibility index (Phi) is 19.2. The largest absolute Gasteiger partial charge is 0.458 e. The van der Waals surface area contributed by atoms with Crippen molar-refractivity contribution in [3.8, 4) is 5.69 Å². The smallest absolute Gasteiger partial charge is 0.311 e. The number of carbonyl (C=O) groups is 1. The third-order valence-electron chi connectivity index (χ3n) is 14.5. The summed E-state index contributed by atoms with van der Waals surface area (Å²) >= 11 is 0. The van der Waals surface area contributed by atoms with Crippen LogP contribution >= 0.6 is 0 Å². The Balaban J connectivity index is 1.49. The molecule has 1 aromatic heterocycles. The molecule has 4 heterocycles. The first-order valence-corrected chi connectivity index (χ1v) is 23.9. The summed E-state index contributed by atoms with van der Waals surface area (Å²) in [7, 11) is 8.92. The number of nitrogens with zero attached hydrogens (tertiary/aromatic N) is 5. The Hall–Kier alpha value is -2.65. The van der Waals surface area contributed by atoms with Crippen LogP contribution in [0.2, 0.25) is 0 Å². The van der Waals surface area contributed by atoms with E-state index in [1.165, 1.54) is 5.56 Å². The first-order chi connectivity index (χ1) is 31.0. The van der Waals surface area contributed by atoms with E-state index in [2.05, 4.69) is 36.3 Å². The second kappa shape index (κ2) is 23.3. The van der Waals surface area contributed by atoms with E-state index < -0.39 is 84.3 Å². The number of hydrogen-bond acceptors (Lipinski definition) is 16. The monoisotopic (exact) mass is 934 g/mol. The third kappa shape index (κ3) is 13.2. The zero-order valence-electron chi connectivity index (χ0n) is 42.3. The van der Waals surface area contributed by atoms with Gasteiger partial charge in [0, 0.05) is 45.7 Å². The molecule has 0 unspecified atom stereocenters. The third-order valence-corrected chi connectivity index (χ3v) is 14.5. The van der Waals surface area contributed by atoms with Crippen LogP contribution in [0.15, 0.2) is 30.5 Å². The number of carbonyl (C=O) groups excluding carboxylic acids is 1. The summed E-state index contributed by atoms with van der Waals surface area (Å²) in [6, 6.07) is 7.93. The molecular formula is C49H83N5O12. The predicted molar refractivity (Wildman–Crippen MR) is 248 cm³/mol. The van der Waals surface area contributed by atoms with E-state index >= 15 is 0 Å². The Morgan fingerprint density at radius 1 is 0.894 bits per heavy atom. The lowest BCUT2D eigenvalue weighted by atomic mass is 9.75. The number of aliphatic hydroxyl groups is 3. The van der Waals surface area contributed by atoms with Crippen molar-refractivity contribution in [2.75, 3.05) is 55.1 Å². The summed E-state index contributed by atoms with van der Waals surface area (Å²) in [6.07, 6.45) is -5.19. The Morgan fingerprint density at radius 2 is 1.56 bits per heavy atom. The lowest BCUT2D eigenvalue weighted by Crippen LogP contribution is -2.61. The van der Waals surface area contributed by atoms with Crippen LogP contribution in [0.25, 0.3) is 5.69 Å². The maximum absolute atomic E-state index is 14.7. The van der Waals surface area contributed by atoms with Gasteiger partial charge in [-0.15, -0.1) is 5.10 Å². The van der Waals surface area contributed by atoms with Crippen LogP contribution in [-0.4, -0.2) is 180 Å². The summed E-state index contributed by atoms with van der Waals surface area (Å²) in [6.45, 7) is 20.4. The highest BCUT2D eigenvalue weighted by molar-refractivity contribution is 5.73. The highest BCUT2D eigenvalue weighted by Gasteiger charge is 2.52. The van der Waals surface area contributed by atoms with Gasteiger partial charge in [0.05, 0.1) is 72.7 Å². The van der Waals surface area contributed by atoms with Crippen LogP contribution in [0.3, 0.4) is 0 Å². The van der Waals surface area contributed by atoms with Crippen LogP contribution in [0.1, 0.15) is 106 Å². The summed E-state index contributed by atoms with van der Waals surface area (Å²) in [4.78, 5) is 18.8. The van der Waals surface area contributed by atoms with E-state index in [1.807, 2.05) is 90.8 Å². The number of rotatable bonds is 13. The Bertz CT molecular complexity index is 1800. The van der Waals surface area contributed by atoms with Crippen LogP contribution < -0.4 is 0 Å². The minimum atomic E-state index is -1.11. The molecule has 3 aliphatic rings. The van der Waals surface area contributed by atoms with E-state index in [9.17, 15) is 20.1 Å². The molecule has 0 amide bonds. The number of esters is 1. The molecule has 66 heavy (non-hydrogen) atoms. The van der Waals surface area contributed by atoms with Crippen LogP contribution in [0, 0.1) is 23.7 Å². The van der Waals surface area contributed by atoms with Gasteiger partial charge in [0.25, 0.3) is 0 Å². The Labute approximate surface area is 393 Å². The van der Waals surface area contributed by atoms with Gasteiger partial charge in [0.15, 0.2) is 12.6 Å². The fourth-order valence-corrected chi connectivity index (χ4v) is 10.2. The number of cyclic esters (lactones) is 1. The lowest BCUT2D eigenvalue weighted by molar-refractivity contribution is -0.319. The van der Waals surface area contributed by atoms with Crippen molar-refractivity contribution in [1.29, 1.82) is 0 Å². The topological polar surface area (TPSA) is 189 Å². The fourth-order valence-electron chi connectivity index (χ4n) is 10.2. The molecular weight excluding hydrogens is 851 g/mol. The molecule has 3 N–H and O–H groups in total. The standard InChI is InChI=1S/C49H83N5O12/c1-28(2)35-16-18-37(19-17-35)54-24-36(50-51-54)26-61-27-38-25-53(13)23-30(4)41(55)29(3)21-49(10,60-15)45(66-47-42(56)39(52(11)12)20-31(5)62-47)32(6)43(33(7)46(58)64-38)65-40-22-48(9,59-14)44(57)34(8)63-40/h16-19,24,28-34,38-45,47,55-57H,20-23,25-27H2,1-15H3/t29-,30-,31-,32+,33-,34+,38+,39+,40+,41+,42-,43+,44+,45-,47+,48-,49-/m1/s1. The number of benzene rings is 1. The van der Waals surface area contributed by atoms with Gasteiger partial charge < -0.3 is 63.0 Å². The minimum absolute atomic E-state index is 0.0517. The number of likely N-dealkylation sites (N-methyl/N-ethyl adjacent to an activating group) is 2. The van der Waals surface area contributed by atoms with Crippen molar-refractivity contribution < 1.29 is 58.0 Å². The van der Waals surface area contributed by atoms with E-state index in [4.69, 9.17) is 37.9 Å². The van der Waals surface area contributed by atoms with E-state index in [0.717, 1.165) is 5.69 Å². The fraction of sp³-hybridized carbons (Fsp3) is 0.816. The molecule has 0 bridgehead atoms. The van der Waals surface area contributed by atoms with Crippen molar-refractivity contribution in [3.05, 3.63) is 41.7 Å². The zero-order chi connectivity index (χ0) is 48.8. The van der Waals surface area contributed by atoms with Crippen molar-refractivity contribution in [3.63, 3.8) is 0 Å².